The number of nitrogens with one attached hydrogen (secondary N) is 1. The van der Waals surface area contributed by atoms with Crippen molar-refractivity contribution in [2.75, 3.05) is 5.32 Å². The van der Waals surface area contributed by atoms with Gasteiger partial charge < -0.3 is 9.73 Å². The Morgan fingerprint density at radius 3 is 3.00 bits per heavy atom. The second kappa shape index (κ2) is 6.32. The first kappa shape index (κ1) is 13.5. The zero-order valence-electron chi connectivity index (χ0n) is 11.2. The monoisotopic (exact) mass is 299 g/mol. The zero-order valence-corrected chi connectivity index (χ0v) is 12.0. The summed E-state index contributed by atoms with van der Waals surface area (Å²) in [6.45, 7) is 0. The van der Waals surface area contributed by atoms with Gasteiger partial charge in [-0.2, -0.15) is 0 Å². The van der Waals surface area contributed by atoms with E-state index in [2.05, 4.69) is 15.5 Å². The van der Waals surface area contributed by atoms with Crippen molar-refractivity contribution in [3.63, 3.8) is 0 Å². The van der Waals surface area contributed by atoms with Crippen molar-refractivity contribution in [2.45, 2.75) is 12.8 Å². The molecule has 1 amide bonds. The largest absolute Gasteiger partial charge is 0.423 e. The normalized spacial score (nSPS) is 10.5. The van der Waals surface area contributed by atoms with Gasteiger partial charge in [0.2, 0.25) is 18.2 Å². The quantitative estimate of drug-likeness (QED) is 0.784. The summed E-state index contributed by atoms with van der Waals surface area (Å²) >= 11 is 1.66. The fourth-order valence-corrected chi connectivity index (χ4v) is 2.65. The average Bonchev–Trinajstić information content (AvgIpc) is 3.19. The van der Waals surface area contributed by atoms with Crippen LogP contribution in [0.25, 0.3) is 11.5 Å². The van der Waals surface area contributed by atoms with Crippen LogP contribution in [0.3, 0.4) is 0 Å². The van der Waals surface area contributed by atoms with E-state index in [9.17, 15) is 4.79 Å². The predicted octanol–water partition coefficient (Wildman–Crippen LogP) is 3.37. The van der Waals surface area contributed by atoms with Gasteiger partial charge in [-0.3, -0.25) is 4.79 Å². The number of carbonyl (C=O) groups excluding carboxylic acids is 1. The number of amides is 1. The van der Waals surface area contributed by atoms with Crippen molar-refractivity contribution in [1.29, 1.82) is 0 Å². The van der Waals surface area contributed by atoms with E-state index in [1.807, 2.05) is 41.8 Å². The topological polar surface area (TPSA) is 68.0 Å². The van der Waals surface area contributed by atoms with Crippen molar-refractivity contribution in [3.8, 4) is 11.5 Å². The second-order valence-corrected chi connectivity index (χ2v) is 5.48. The number of anilines is 1. The van der Waals surface area contributed by atoms with Gasteiger partial charge in [0.05, 0.1) is 0 Å². The molecular formula is C15H13N3O2S. The van der Waals surface area contributed by atoms with Gasteiger partial charge in [-0.25, -0.2) is 0 Å². The maximum Gasteiger partial charge on any atom is 0.247 e. The highest BCUT2D eigenvalue weighted by Gasteiger charge is 2.07. The predicted molar refractivity (Wildman–Crippen MR) is 81.0 cm³/mol. The van der Waals surface area contributed by atoms with E-state index in [1.54, 1.807) is 11.3 Å². The number of carbonyl (C=O) groups is 1. The summed E-state index contributed by atoms with van der Waals surface area (Å²) in [5, 5.41) is 12.4. The summed E-state index contributed by atoms with van der Waals surface area (Å²) in [5.74, 6) is 0.427. The van der Waals surface area contributed by atoms with Gasteiger partial charge in [0.25, 0.3) is 0 Å². The van der Waals surface area contributed by atoms with Crippen molar-refractivity contribution in [3.05, 3.63) is 53.0 Å². The van der Waals surface area contributed by atoms with Crippen molar-refractivity contribution < 1.29 is 9.21 Å². The van der Waals surface area contributed by atoms with Crippen molar-refractivity contribution in [2.24, 2.45) is 0 Å². The smallest absolute Gasteiger partial charge is 0.247 e. The lowest BCUT2D eigenvalue weighted by Gasteiger charge is -2.05. The molecule has 0 spiro atoms. The molecule has 0 radical (unpaired) electrons. The van der Waals surface area contributed by atoms with Crippen LogP contribution < -0.4 is 5.32 Å². The second-order valence-electron chi connectivity index (χ2n) is 4.45. The number of aromatic nitrogens is 2. The fourth-order valence-electron chi connectivity index (χ4n) is 1.94. The van der Waals surface area contributed by atoms with Gasteiger partial charge in [-0.15, -0.1) is 21.5 Å². The fraction of sp³-hybridized carbons (Fsp3) is 0.133. The lowest BCUT2D eigenvalue weighted by molar-refractivity contribution is -0.116. The lowest BCUT2D eigenvalue weighted by Crippen LogP contribution is -2.12. The van der Waals surface area contributed by atoms with Crippen LogP contribution in [0.4, 0.5) is 5.69 Å². The number of rotatable bonds is 5. The molecule has 0 unspecified atom stereocenters. The van der Waals surface area contributed by atoms with Crippen LogP contribution in [0, 0.1) is 0 Å². The molecule has 0 bridgehead atoms. The van der Waals surface area contributed by atoms with Gasteiger partial charge in [-0.1, -0.05) is 12.1 Å². The molecule has 3 rings (SSSR count). The molecule has 2 aromatic heterocycles. The Bertz CT molecular complexity index is 708. The minimum Gasteiger partial charge on any atom is -0.423 e. The molecule has 0 saturated carbocycles. The Morgan fingerprint density at radius 2 is 2.24 bits per heavy atom. The van der Waals surface area contributed by atoms with E-state index in [0.717, 1.165) is 17.7 Å². The summed E-state index contributed by atoms with van der Waals surface area (Å²) in [5.41, 5.74) is 1.51. The number of nitrogens with zero attached hydrogens (tertiary/aromatic N) is 2. The molecule has 5 nitrogen and oxygen atoms in total. The van der Waals surface area contributed by atoms with Gasteiger partial charge in [0.15, 0.2) is 0 Å². The third kappa shape index (κ3) is 3.55. The molecule has 0 atom stereocenters. The molecule has 0 aliphatic heterocycles. The van der Waals surface area contributed by atoms with Crippen LogP contribution in [0.15, 0.2) is 52.6 Å². The Morgan fingerprint density at radius 1 is 1.29 bits per heavy atom. The van der Waals surface area contributed by atoms with Gasteiger partial charge >= 0.3 is 0 Å². The number of hydrogen-bond acceptors (Lipinski definition) is 5. The van der Waals surface area contributed by atoms with Crippen LogP contribution >= 0.6 is 11.3 Å². The Kier molecular flexibility index (Phi) is 4.07. The molecule has 3 aromatic rings. The molecule has 21 heavy (non-hydrogen) atoms. The van der Waals surface area contributed by atoms with E-state index in [1.165, 1.54) is 11.3 Å². The molecular weight excluding hydrogens is 286 g/mol. The first-order valence-corrected chi connectivity index (χ1v) is 7.38. The standard InChI is InChI=1S/C15H13N3O2S/c19-14(7-6-13-5-2-8-21-13)17-12-4-1-3-11(9-12)15-18-16-10-20-15/h1-5,8-10H,6-7H2,(H,17,19). The molecule has 0 aliphatic carbocycles. The molecule has 1 aromatic carbocycles. The van der Waals surface area contributed by atoms with Crippen LogP contribution in [0.2, 0.25) is 0 Å². The van der Waals surface area contributed by atoms with E-state index in [-0.39, 0.29) is 5.91 Å². The van der Waals surface area contributed by atoms with Gasteiger partial charge in [0, 0.05) is 22.5 Å². The zero-order chi connectivity index (χ0) is 14.5. The summed E-state index contributed by atoms with van der Waals surface area (Å²) in [6.07, 6.45) is 2.50. The molecule has 106 valence electrons. The third-order valence-electron chi connectivity index (χ3n) is 2.93. The van der Waals surface area contributed by atoms with Crippen LogP contribution in [0.5, 0.6) is 0 Å². The first-order valence-electron chi connectivity index (χ1n) is 6.50. The maximum atomic E-state index is 11.9. The summed E-state index contributed by atoms with van der Waals surface area (Å²) in [6, 6.07) is 11.4. The molecule has 0 saturated heterocycles. The Labute approximate surface area is 125 Å². The van der Waals surface area contributed by atoms with Gasteiger partial charge in [-0.05, 0) is 36.1 Å². The minimum atomic E-state index is -0.00826. The third-order valence-corrected chi connectivity index (χ3v) is 3.87. The molecule has 0 aliphatic rings. The molecule has 2 heterocycles. The average molecular weight is 299 g/mol. The molecule has 0 fully saturated rings. The first-order chi connectivity index (χ1) is 10.3. The van der Waals surface area contributed by atoms with Crippen LogP contribution in [-0.2, 0) is 11.2 Å². The summed E-state index contributed by atoms with van der Waals surface area (Å²) in [7, 11) is 0. The molecule has 1 N–H and O–H groups in total. The van der Waals surface area contributed by atoms with Crippen LogP contribution in [-0.4, -0.2) is 16.1 Å². The molecule has 6 heteroatoms. The van der Waals surface area contributed by atoms with E-state index in [0.29, 0.717) is 12.3 Å². The number of hydrogen-bond donors (Lipinski definition) is 1. The van der Waals surface area contributed by atoms with E-state index < -0.39 is 0 Å². The van der Waals surface area contributed by atoms with Crippen molar-refractivity contribution >= 4 is 22.9 Å². The number of benzene rings is 1. The number of aryl methyl sites for hydroxylation is 1. The lowest BCUT2D eigenvalue weighted by atomic mass is 10.2. The van der Waals surface area contributed by atoms with Gasteiger partial charge in [0.1, 0.15) is 0 Å². The summed E-state index contributed by atoms with van der Waals surface area (Å²) in [4.78, 5) is 13.2. The highest BCUT2D eigenvalue weighted by Crippen LogP contribution is 2.20. The van der Waals surface area contributed by atoms with Crippen LogP contribution in [0.1, 0.15) is 11.3 Å². The van der Waals surface area contributed by atoms with E-state index in [4.69, 9.17) is 4.42 Å². The number of thiophene rings is 1. The highest BCUT2D eigenvalue weighted by molar-refractivity contribution is 7.09. The maximum absolute atomic E-state index is 11.9. The minimum absolute atomic E-state index is 0.00826. The summed E-state index contributed by atoms with van der Waals surface area (Å²) < 4.78 is 5.14. The Balaban J connectivity index is 1.62. The van der Waals surface area contributed by atoms with Crippen molar-refractivity contribution in [1.82, 2.24) is 10.2 Å². The van der Waals surface area contributed by atoms with E-state index >= 15 is 0 Å². The highest BCUT2D eigenvalue weighted by atomic mass is 32.1. The Hall–Kier alpha value is -2.47. The SMILES string of the molecule is O=C(CCc1cccs1)Nc1cccc(-c2nnco2)c1.